The summed E-state index contributed by atoms with van der Waals surface area (Å²) in [6.07, 6.45) is 7.53. The minimum absolute atomic E-state index is 0.00153. The monoisotopic (exact) mass is 511 g/mol. The van der Waals surface area contributed by atoms with Crippen LogP contribution in [0.5, 0.6) is 5.75 Å². The van der Waals surface area contributed by atoms with Crippen molar-refractivity contribution >= 4 is 22.9 Å². The van der Waals surface area contributed by atoms with Crippen molar-refractivity contribution in [3.63, 3.8) is 0 Å². The van der Waals surface area contributed by atoms with Crippen molar-refractivity contribution in [3.8, 4) is 11.4 Å². The second kappa shape index (κ2) is 8.85. The van der Waals surface area contributed by atoms with E-state index in [4.69, 9.17) is 16.7 Å². The highest BCUT2D eigenvalue weighted by molar-refractivity contribution is 6.34. The van der Waals surface area contributed by atoms with Crippen LogP contribution in [0.4, 0.5) is 0 Å². The van der Waals surface area contributed by atoms with Gasteiger partial charge in [-0.2, -0.15) is 5.10 Å². The third-order valence-corrected chi connectivity index (χ3v) is 7.83. The summed E-state index contributed by atoms with van der Waals surface area (Å²) >= 11 is 6.71. The molecule has 0 fully saturated rings. The van der Waals surface area contributed by atoms with Crippen LogP contribution in [0.25, 0.3) is 11.2 Å². The van der Waals surface area contributed by atoms with Gasteiger partial charge in [0.05, 0.1) is 10.7 Å². The highest BCUT2D eigenvalue weighted by Crippen LogP contribution is 2.45. The van der Waals surface area contributed by atoms with E-state index in [1.807, 2.05) is 44.3 Å². The zero-order chi connectivity index (χ0) is 25.7. The van der Waals surface area contributed by atoms with Crippen molar-refractivity contribution in [1.82, 2.24) is 24.4 Å². The van der Waals surface area contributed by atoms with Crippen LogP contribution in [0.15, 0.2) is 67.4 Å². The molecule has 186 valence electrons. The molecule has 2 aromatic carbocycles. The second-order valence-corrected chi connectivity index (χ2v) is 10.4. The zero-order valence-electron chi connectivity index (χ0n) is 20.6. The fraction of sp³-hybridized carbons (Fsp3) is 0.241. The molecule has 0 radical (unpaired) electrons. The Kier molecular flexibility index (Phi) is 5.60. The van der Waals surface area contributed by atoms with Gasteiger partial charge >= 0.3 is 0 Å². The van der Waals surface area contributed by atoms with Crippen molar-refractivity contribution in [2.75, 3.05) is 0 Å². The van der Waals surface area contributed by atoms with Gasteiger partial charge in [-0.1, -0.05) is 41.9 Å². The number of aryl methyl sites for hydroxylation is 3. The maximum absolute atomic E-state index is 14.0. The Bertz CT molecular complexity index is 1620. The van der Waals surface area contributed by atoms with E-state index in [1.54, 1.807) is 33.9 Å². The van der Waals surface area contributed by atoms with Crippen LogP contribution in [0.2, 0.25) is 5.02 Å². The van der Waals surface area contributed by atoms with Crippen molar-refractivity contribution in [1.29, 1.82) is 0 Å². The zero-order valence-corrected chi connectivity index (χ0v) is 21.4. The Balaban J connectivity index is 1.42. The van der Waals surface area contributed by atoms with Gasteiger partial charge in [0.1, 0.15) is 23.9 Å². The minimum Gasteiger partial charge on any atom is -0.506 e. The SMILES string of the molecule is Cc1cc(O)c2c3c(nn2c1)CCC(CC(=O)c1c(C)cc(-n2cnnc2)cc1Cl)(c1ccccc1)C3. The first-order valence-corrected chi connectivity index (χ1v) is 12.7. The summed E-state index contributed by atoms with van der Waals surface area (Å²) in [5, 5.41) is 23.7. The number of rotatable bonds is 5. The number of benzene rings is 2. The summed E-state index contributed by atoms with van der Waals surface area (Å²) in [6.45, 7) is 3.85. The number of carbonyl (C=O) groups is 1. The molecule has 1 unspecified atom stereocenters. The lowest BCUT2D eigenvalue weighted by molar-refractivity contribution is 0.0941. The van der Waals surface area contributed by atoms with Gasteiger partial charge in [-0.15, -0.1) is 10.2 Å². The fourth-order valence-corrected chi connectivity index (χ4v) is 6.18. The molecule has 8 heteroatoms. The normalized spacial score (nSPS) is 17.2. The van der Waals surface area contributed by atoms with Crippen LogP contribution in [0.1, 0.15) is 51.1 Å². The summed E-state index contributed by atoms with van der Waals surface area (Å²) in [7, 11) is 0. The number of aromatic hydroxyl groups is 1. The Morgan fingerprint density at radius 2 is 1.86 bits per heavy atom. The summed E-state index contributed by atoms with van der Waals surface area (Å²) in [5.74, 6) is 0.217. The van der Waals surface area contributed by atoms with Gasteiger partial charge in [-0.25, -0.2) is 4.52 Å². The van der Waals surface area contributed by atoms with Gasteiger partial charge in [0, 0.05) is 34.8 Å². The molecular weight excluding hydrogens is 486 g/mol. The first kappa shape index (κ1) is 23.4. The smallest absolute Gasteiger partial charge is 0.165 e. The summed E-state index contributed by atoms with van der Waals surface area (Å²) in [6, 6.07) is 15.7. The molecule has 3 aromatic heterocycles. The number of hydrogen-bond acceptors (Lipinski definition) is 5. The van der Waals surface area contributed by atoms with Gasteiger partial charge in [0.15, 0.2) is 5.78 Å². The molecule has 6 rings (SSSR count). The van der Waals surface area contributed by atoms with E-state index in [9.17, 15) is 9.90 Å². The first-order chi connectivity index (χ1) is 17.8. The first-order valence-electron chi connectivity index (χ1n) is 12.3. The molecule has 1 atom stereocenters. The standard InChI is InChI=1S/C29H26ClN5O2/c1-18-10-25(36)28-22-13-29(20-6-4-3-5-7-20,9-8-24(22)33-35(28)15-18)14-26(37)27-19(2)11-21(12-23(27)30)34-16-31-32-17-34/h3-7,10-12,15-17,36H,8-9,13-14H2,1-2H3. The number of ketones is 1. The van der Waals surface area contributed by atoms with Gasteiger partial charge in [0.25, 0.3) is 0 Å². The molecule has 0 spiro atoms. The van der Waals surface area contributed by atoms with Crippen LogP contribution in [0, 0.1) is 13.8 Å². The number of hydrogen-bond donors (Lipinski definition) is 1. The largest absolute Gasteiger partial charge is 0.506 e. The van der Waals surface area contributed by atoms with E-state index in [-0.39, 0.29) is 11.5 Å². The molecule has 1 aliphatic rings. The third kappa shape index (κ3) is 4.00. The Labute approximate surface area is 219 Å². The summed E-state index contributed by atoms with van der Waals surface area (Å²) < 4.78 is 3.55. The van der Waals surface area contributed by atoms with Crippen molar-refractivity contribution in [3.05, 3.63) is 106 Å². The fourth-order valence-electron chi connectivity index (χ4n) is 5.82. The van der Waals surface area contributed by atoms with E-state index in [2.05, 4.69) is 22.3 Å². The van der Waals surface area contributed by atoms with Crippen LogP contribution >= 0.6 is 11.6 Å². The Morgan fingerprint density at radius 3 is 2.59 bits per heavy atom. The molecule has 0 saturated carbocycles. The van der Waals surface area contributed by atoms with E-state index >= 15 is 0 Å². The molecule has 1 aliphatic carbocycles. The number of carbonyl (C=O) groups excluding carboxylic acids is 1. The summed E-state index contributed by atoms with van der Waals surface area (Å²) in [5.41, 5.74) is 6.46. The topological polar surface area (TPSA) is 85.3 Å². The molecule has 5 aromatic rings. The highest BCUT2D eigenvalue weighted by Gasteiger charge is 2.41. The average molecular weight is 512 g/mol. The van der Waals surface area contributed by atoms with Crippen molar-refractivity contribution in [2.45, 2.75) is 44.9 Å². The lowest BCUT2D eigenvalue weighted by atomic mass is 9.65. The molecule has 0 aliphatic heterocycles. The molecular formula is C29H26ClN5O2. The molecule has 0 saturated heterocycles. The maximum Gasteiger partial charge on any atom is 0.165 e. The number of pyridine rings is 1. The van der Waals surface area contributed by atoms with Gasteiger partial charge < -0.3 is 5.11 Å². The Morgan fingerprint density at radius 1 is 1.11 bits per heavy atom. The van der Waals surface area contributed by atoms with Crippen molar-refractivity contribution < 1.29 is 9.90 Å². The average Bonchev–Trinajstić information content (AvgIpc) is 3.52. The van der Waals surface area contributed by atoms with Crippen LogP contribution in [-0.4, -0.2) is 35.3 Å². The molecule has 0 bridgehead atoms. The molecule has 1 N–H and O–H groups in total. The molecule has 7 nitrogen and oxygen atoms in total. The number of halogens is 1. The minimum atomic E-state index is -0.450. The maximum atomic E-state index is 14.0. The van der Waals surface area contributed by atoms with E-state index < -0.39 is 5.41 Å². The predicted octanol–water partition coefficient (Wildman–Crippen LogP) is 5.59. The lowest BCUT2D eigenvalue weighted by Gasteiger charge is -2.37. The highest BCUT2D eigenvalue weighted by atomic mass is 35.5. The van der Waals surface area contributed by atoms with Crippen LogP contribution in [-0.2, 0) is 18.3 Å². The van der Waals surface area contributed by atoms with E-state index in [1.165, 1.54) is 0 Å². The summed E-state index contributed by atoms with van der Waals surface area (Å²) in [4.78, 5) is 14.0. The number of Topliss-reactive ketones (excluding diaryl/α,β-unsaturated/α-hetero) is 1. The van der Waals surface area contributed by atoms with Gasteiger partial charge in [-0.3, -0.25) is 9.36 Å². The quantitative estimate of drug-likeness (QED) is 0.311. The molecule has 3 heterocycles. The van der Waals surface area contributed by atoms with E-state index in [0.717, 1.165) is 52.0 Å². The third-order valence-electron chi connectivity index (χ3n) is 7.53. The van der Waals surface area contributed by atoms with E-state index in [0.29, 0.717) is 23.4 Å². The number of fused-ring (bicyclic) bond motifs is 3. The molecule has 0 amide bonds. The van der Waals surface area contributed by atoms with Crippen molar-refractivity contribution in [2.24, 2.45) is 0 Å². The van der Waals surface area contributed by atoms with Crippen LogP contribution in [0.3, 0.4) is 0 Å². The van der Waals surface area contributed by atoms with Crippen LogP contribution < -0.4 is 0 Å². The molecule has 37 heavy (non-hydrogen) atoms. The Hall–Kier alpha value is -3.97. The number of aromatic nitrogens is 5. The second-order valence-electron chi connectivity index (χ2n) is 10.0. The lowest BCUT2D eigenvalue weighted by Crippen LogP contribution is -2.36. The van der Waals surface area contributed by atoms with Gasteiger partial charge in [-0.05, 0) is 68.0 Å². The predicted molar refractivity (Wildman–Crippen MR) is 142 cm³/mol. The number of nitrogens with zero attached hydrogens (tertiary/aromatic N) is 5. The van der Waals surface area contributed by atoms with Gasteiger partial charge in [0.2, 0.25) is 0 Å².